The van der Waals surface area contributed by atoms with Crippen LogP contribution in [0.2, 0.25) is 0 Å². The van der Waals surface area contributed by atoms with E-state index in [4.69, 9.17) is 0 Å². The molecule has 5 heteroatoms. The number of halogens is 4. The molecular formula is C16H15F4N. The molecule has 0 spiro atoms. The maximum Gasteiger partial charge on any atom is 0.418 e. The number of alkyl halides is 3. The molecule has 0 radical (unpaired) electrons. The van der Waals surface area contributed by atoms with Crippen molar-refractivity contribution in [1.29, 1.82) is 0 Å². The largest absolute Gasteiger partial charge is 0.418 e. The van der Waals surface area contributed by atoms with Gasteiger partial charge in [0.25, 0.3) is 0 Å². The summed E-state index contributed by atoms with van der Waals surface area (Å²) in [5.41, 5.74) is 1.01. The average Bonchev–Trinajstić information content (AvgIpc) is 2.41. The fraction of sp³-hybridized carbons (Fsp3) is 0.250. The zero-order valence-corrected chi connectivity index (χ0v) is 11.7. The van der Waals surface area contributed by atoms with Gasteiger partial charge in [-0.3, -0.25) is 0 Å². The molecule has 0 saturated heterocycles. The summed E-state index contributed by atoms with van der Waals surface area (Å²) in [5, 5.41) is 2.77. The maximum atomic E-state index is 13.5. The van der Waals surface area contributed by atoms with Crippen LogP contribution in [0.15, 0.2) is 36.4 Å². The first-order valence-electron chi connectivity index (χ1n) is 6.45. The van der Waals surface area contributed by atoms with Crippen molar-refractivity contribution in [2.45, 2.75) is 26.6 Å². The van der Waals surface area contributed by atoms with Gasteiger partial charge in [0.05, 0.1) is 5.56 Å². The predicted molar refractivity (Wildman–Crippen MR) is 74.6 cm³/mol. The van der Waals surface area contributed by atoms with E-state index in [1.807, 2.05) is 0 Å². The van der Waals surface area contributed by atoms with Crippen LogP contribution in [0.3, 0.4) is 0 Å². The molecular weight excluding hydrogens is 282 g/mol. The summed E-state index contributed by atoms with van der Waals surface area (Å²) < 4.78 is 52.1. The first-order chi connectivity index (χ1) is 9.79. The molecule has 0 atom stereocenters. The van der Waals surface area contributed by atoms with Crippen LogP contribution in [-0.2, 0) is 12.7 Å². The lowest BCUT2D eigenvalue weighted by Gasteiger charge is -2.15. The van der Waals surface area contributed by atoms with Crippen molar-refractivity contribution in [1.82, 2.24) is 0 Å². The highest BCUT2D eigenvalue weighted by atomic mass is 19.4. The van der Waals surface area contributed by atoms with Gasteiger partial charge in [0.15, 0.2) is 0 Å². The van der Waals surface area contributed by atoms with E-state index >= 15 is 0 Å². The molecule has 0 aliphatic carbocycles. The van der Waals surface area contributed by atoms with Gasteiger partial charge in [-0.15, -0.1) is 0 Å². The molecule has 0 fully saturated rings. The smallest absolute Gasteiger partial charge is 0.380 e. The minimum Gasteiger partial charge on any atom is -0.380 e. The third-order valence-electron chi connectivity index (χ3n) is 3.21. The fourth-order valence-corrected chi connectivity index (χ4v) is 2.22. The summed E-state index contributed by atoms with van der Waals surface area (Å²) >= 11 is 0. The van der Waals surface area contributed by atoms with Crippen LogP contribution < -0.4 is 5.32 Å². The number of hydrogen-bond donors (Lipinski definition) is 1. The molecule has 0 aliphatic heterocycles. The van der Waals surface area contributed by atoms with Gasteiger partial charge in [0, 0.05) is 12.2 Å². The van der Waals surface area contributed by atoms with Gasteiger partial charge < -0.3 is 5.32 Å². The average molecular weight is 297 g/mol. The lowest BCUT2D eigenvalue weighted by Crippen LogP contribution is -2.10. The van der Waals surface area contributed by atoms with Crippen LogP contribution in [0.4, 0.5) is 23.2 Å². The van der Waals surface area contributed by atoms with Crippen molar-refractivity contribution in [2.75, 3.05) is 5.32 Å². The molecule has 0 aliphatic rings. The van der Waals surface area contributed by atoms with E-state index in [0.717, 1.165) is 11.6 Å². The molecule has 1 nitrogen and oxygen atoms in total. The van der Waals surface area contributed by atoms with E-state index < -0.39 is 11.7 Å². The summed E-state index contributed by atoms with van der Waals surface area (Å²) in [6, 6.07) is 8.56. The molecule has 0 bridgehead atoms. The summed E-state index contributed by atoms with van der Waals surface area (Å²) in [4.78, 5) is 0. The second kappa shape index (κ2) is 5.76. The highest BCUT2D eigenvalue weighted by Gasteiger charge is 2.33. The van der Waals surface area contributed by atoms with E-state index in [0.29, 0.717) is 11.1 Å². The van der Waals surface area contributed by atoms with Gasteiger partial charge in [-0.25, -0.2) is 4.39 Å². The SMILES string of the molecule is Cc1cc(CNc2ccccc2C(F)(F)F)cc(C)c1F. The normalized spacial score (nSPS) is 11.5. The lowest BCUT2D eigenvalue weighted by molar-refractivity contribution is -0.136. The zero-order chi connectivity index (χ0) is 15.6. The van der Waals surface area contributed by atoms with Crippen molar-refractivity contribution < 1.29 is 17.6 Å². The third kappa shape index (κ3) is 3.54. The first kappa shape index (κ1) is 15.4. The predicted octanol–water partition coefficient (Wildman–Crippen LogP) is 5.07. The number of hydrogen-bond acceptors (Lipinski definition) is 1. The molecule has 2 aromatic carbocycles. The summed E-state index contributed by atoms with van der Waals surface area (Å²) in [5.74, 6) is -0.283. The van der Waals surface area contributed by atoms with Gasteiger partial charge >= 0.3 is 6.18 Å². The quantitative estimate of drug-likeness (QED) is 0.780. The Hall–Kier alpha value is -2.04. The molecule has 2 rings (SSSR count). The molecule has 0 saturated carbocycles. The second-order valence-electron chi connectivity index (χ2n) is 4.94. The van der Waals surface area contributed by atoms with Crippen molar-refractivity contribution in [3.63, 3.8) is 0 Å². The van der Waals surface area contributed by atoms with Gasteiger partial charge in [-0.1, -0.05) is 24.3 Å². The summed E-state index contributed by atoms with van der Waals surface area (Å²) in [6.45, 7) is 3.47. The van der Waals surface area contributed by atoms with E-state index in [2.05, 4.69) is 5.32 Å². The highest BCUT2D eigenvalue weighted by molar-refractivity contribution is 5.53. The molecule has 112 valence electrons. The number of anilines is 1. The third-order valence-corrected chi connectivity index (χ3v) is 3.21. The molecule has 0 heterocycles. The van der Waals surface area contributed by atoms with Gasteiger partial charge in [0.1, 0.15) is 5.82 Å². The zero-order valence-electron chi connectivity index (χ0n) is 11.7. The van der Waals surface area contributed by atoms with Crippen molar-refractivity contribution in [3.8, 4) is 0 Å². The molecule has 0 amide bonds. The Morgan fingerprint density at radius 1 is 1.00 bits per heavy atom. The Kier molecular flexibility index (Phi) is 4.21. The van der Waals surface area contributed by atoms with E-state index in [1.165, 1.54) is 12.1 Å². The Bertz CT molecular complexity index is 624. The van der Waals surface area contributed by atoms with E-state index in [1.54, 1.807) is 32.0 Å². The van der Waals surface area contributed by atoms with Gasteiger partial charge in [0.2, 0.25) is 0 Å². The number of para-hydroxylation sites is 1. The van der Waals surface area contributed by atoms with E-state index in [-0.39, 0.29) is 18.0 Å². The van der Waals surface area contributed by atoms with Crippen molar-refractivity contribution in [2.24, 2.45) is 0 Å². The highest BCUT2D eigenvalue weighted by Crippen LogP contribution is 2.34. The van der Waals surface area contributed by atoms with Crippen LogP contribution in [0.5, 0.6) is 0 Å². The lowest BCUT2D eigenvalue weighted by atomic mass is 10.1. The summed E-state index contributed by atoms with van der Waals surface area (Å²) in [6.07, 6.45) is -4.40. The van der Waals surface area contributed by atoms with Crippen LogP contribution in [0.1, 0.15) is 22.3 Å². The van der Waals surface area contributed by atoms with Gasteiger partial charge in [-0.05, 0) is 42.7 Å². The molecule has 21 heavy (non-hydrogen) atoms. The topological polar surface area (TPSA) is 12.0 Å². The monoisotopic (exact) mass is 297 g/mol. The van der Waals surface area contributed by atoms with Crippen molar-refractivity contribution in [3.05, 3.63) is 64.5 Å². The number of benzene rings is 2. The minimum atomic E-state index is -4.40. The van der Waals surface area contributed by atoms with Crippen LogP contribution in [0, 0.1) is 19.7 Å². The first-order valence-corrected chi connectivity index (χ1v) is 6.45. The Morgan fingerprint density at radius 3 is 2.14 bits per heavy atom. The fourth-order valence-electron chi connectivity index (χ4n) is 2.22. The molecule has 1 N–H and O–H groups in total. The van der Waals surface area contributed by atoms with Crippen molar-refractivity contribution >= 4 is 5.69 Å². The number of nitrogens with one attached hydrogen (secondary N) is 1. The summed E-state index contributed by atoms with van der Waals surface area (Å²) in [7, 11) is 0. The Balaban J connectivity index is 2.21. The minimum absolute atomic E-state index is 0.0182. The van der Waals surface area contributed by atoms with Crippen LogP contribution in [-0.4, -0.2) is 0 Å². The Morgan fingerprint density at radius 2 is 1.57 bits per heavy atom. The maximum absolute atomic E-state index is 13.5. The van der Waals surface area contributed by atoms with Gasteiger partial charge in [-0.2, -0.15) is 13.2 Å². The standard InChI is InChI=1S/C16H15F4N/c1-10-7-12(8-11(2)15(10)17)9-21-14-6-4-3-5-13(14)16(18,19)20/h3-8,21H,9H2,1-2H3. The van der Waals surface area contributed by atoms with Crippen LogP contribution >= 0.6 is 0 Å². The van der Waals surface area contributed by atoms with Crippen LogP contribution in [0.25, 0.3) is 0 Å². The molecule has 0 aromatic heterocycles. The van der Waals surface area contributed by atoms with E-state index in [9.17, 15) is 17.6 Å². The molecule has 0 unspecified atom stereocenters. The number of aryl methyl sites for hydroxylation is 2. The second-order valence-corrected chi connectivity index (χ2v) is 4.94. The Labute approximate surface area is 120 Å². The molecule has 2 aromatic rings. The number of rotatable bonds is 3.